The maximum absolute atomic E-state index is 6.67. The summed E-state index contributed by atoms with van der Waals surface area (Å²) in [6.45, 7) is 6.53. The molecule has 1 rings (SSSR count). The summed E-state index contributed by atoms with van der Waals surface area (Å²) in [5, 5.41) is 0. The van der Waals surface area contributed by atoms with Crippen molar-refractivity contribution in [2.75, 3.05) is 19.8 Å². The van der Waals surface area contributed by atoms with E-state index in [1.165, 1.54) is 141 Å². The normalized spacial score (nSPS) is 16.6. The lowest BCUT2D eigenvalue weighted by atomic mass is 9.98. The Kier molecular flexibility index (Phi) is 25.8. The van der Waals surface area contributed by atoms with E-state index in [9.17, 15) is 0 Å². The van der Waals surface area contributed by atoms with Crippen LogP contribution in [0.5, 0.6) is 0 Å². The monoisotopic (exact) mass is 549 g/mol. The van der Waals surface area contributed by atoms with Gasteiger partial charge in [0.1, 0.15) is 6.61 Å². The predicted molar refractivity (Wildman–Crippen MR) is 169 cm³/mol. The fourth-order valence-electron chi connectivity index (χ4n) is 5.97. The van der Waals surface area contributed by atoms with Gasteiger partial charge in [0.25, 0.3) is 0 Å². The standard InChI is InChI=1S/C36H68O3/c1-4-7-9-11-13-15-17-19-21-23-26-30-36(31-27-24-22-20-18-16-14-12-10-8-5-2)38-34-35(39-36)29-25-28-33-37-32-6-3/h3,35H,4-5,7-34H2,1-2H3. The van der Waals surface area contributed by atoms with Crippen LogP contribution in [0.15, 0.2) is 0 Å². The van der Waals surface area contributed by atoms with Gasteiger partial charge in [0.2, 0.25) is 0 Å². The molecule has 0 aromatic carbocycles. The van der Waals surface area contributed by atoms with Gasteiger partial charge >= 0.3 is 0 Å². The van der Waals surface area contributed by atoms with Crippen molar-refractivity contribution in [3.05, 3.63) is 0 Å². The van der Waals surface area contributed by atoms with Gasteiger partial charge in [0.15, 0.2) is 5.79 Å². The van der Waals surface area contributed by atoms with Crippen LogP contribution in [-0.2, 0) is 14.2 Å². The fraction of sp³-hybridized carbons (Fsp3) is 0.944. The number of hydrogen-bond acceptors (Lipinski definition) is 3. The van der Waals surface area contributed by atoms with Crippen LogP contribution in [0.2, 0.25) is 0 Å². The van der Waals surface area contributed by atoms with Crippen LogP contribution in [-0.4, -0.2) is 31.7 Å². The first-order chi connectivity index (χ1) is 19.3. The van der Waals surface area contributed by atoms with Gasteiger partial charge in [-0.2, -0.15) is 0 Å². The maximum Gasteiger partial charge on any atom is 0.168 e. The van der Waals surface area contributed by atoms with E-state index in [2.05, 4.69) is 19.8 Å². The highest BCUT2D eigenvalue weighted by molar-refractivity contribution is 4.83. The lowest BCUT2D eigenvalue weighted by Crippen LogP contribution is -2.31. The third-order valence-corrected chi connectivity index (χ3v) is 8.49. The van der Waals surface area contributed by atoms with Crippen molar-refractivity contribution >= 4 is 0 Å². The molecule has 1 fully saturated rings. The van der Waals surface area contributed by atoms with E-state index < -0.39 is 0 Å². The molecule has 1 heterocycles. The summed E-state index contributed by atoms with van der Waals surface area (Å²) in [4.78, 5) is 0. The molecular weight excluding hydrogens is 480 g/mol. The molecule has 0 spiro atoms. The molecule has 3 heteroatoms. The molecule has 1 aliphatic rings. The Labute approximate surface area is 245 Å². The molecule has 39 heavy (non-hydrogen) atoms. The van der Waals surface area contributed by atoms with Crippen LogP contribution in [0.3, 0.4) is 0 Å². The Morgan fingerprint density at radius 3 is 1.49 bits per heavy atom. The van der Waals surface area contributed by atoms with E-state index in [4.69, 9.17) is 20.6 Å². The summed E-state index contributed by atoms with van der Waals surface area (Å²) in [5.41, 5.74) is 0. The first-order valence-electron chi connectivity index (χ1n) is 17.6. The van der Waals surface area contributed by atoms with Gasteiger partial charge in [0.05, 0.1) is 12.7 Å². The van der Waals surface area contributed by atoms with Crippen LogP contribution < -0.4 is 0 Å². The number of ether oxygens (including phenoxy) is 3. The molecule has 3 nitrogen and oxygen atoms in total. The van der Waals surface area contributed by atoms with Gasteiger partial charge in [-0.1, -0.05) is 148 Å². The molecule has 0 radical (unpaired) electrons. The molecule has 1 aliphatic heterocycles. The average molecular weight is 549 g/mol. The largest absolute Gasteiger partial charge is 0.369 e. The lowest BCUT2D eigenvalue weighted by molar-refractivity contribution is -0.180. The number of unbranched alkanes of at least 4 members (excludes halogenated alkanes) is 21. The number of terminal acetylenes is 1. The molecular formula is C36H68O3. The average Bonchev–Trinajstić information content (AvgIpc) is 3.35. The molecule has 230 valence electrons. The molecule has 0 saturated carbocycles. The minimum Gasteiger partial charge on any atom is -0.369 e. The van der Waals surface area contributed by atoms with E-state index >= 15 is 0 Å². The summed E-state index contributed by atoms with van der Waals surface area (Å²) in [7, 11) is 0. The third-order valence-electron chi connectivity index (χ3n) is 8.49. The van der Waals surface area contributed by atoms with Crippen LogP contribution in [0.1, 0.15) is 187 Å². The SMILES string of the molecule is C#CCOCCCCC1COC(CCCCCCCCCCCCC)(CCCCCCCCCCCCC)O1. The van der Waals surface area contributed by atoms with E-state index in [0.717, 1.165) is 45.3 Å². The van der Waals surface area contributed by atoms with E-state index in [-0.39, 0.29) is 11.9 Å². The van der Waals surface area contributed by atoms with Gasteiger partial charge in [-0.3, -0.25) is 0 Å². The Balaban J connectivity index is 2.24. The Bertz CT molecular complexity index is 514. The van der Waals surface area contributed by atoms with Crippen molar-refractivity contribution in [1.29, 1.82) is 0 Å². The molecule has 0 aliphatic carbocycles. The first kappa shape index (κ1) is 36.5. The minimum absolute atomic E-state index is 0.248. The summed E-state index contributed by atoms with van der Waals surface area (Å²) >= 11 is 0. The highest BCUT2D eigenvalue weighted by Crippen LogP contribution is 2.36. The number of hydrogen-bond donors (Lipinski definition) is 0. The Hall–Kier alpha value is -0.560. The van der Waals surface area contributed by atoms with Gasteiger partial charge < -0.3 is 14.2 Å². The van der Waals surface area contributed by atoms with Crippen molar-refractivity contribution < 1.29 is 14.2 Å². The zero-order chi connectivity index (χ0) is 28.1. The second-order valence-electron chi connectivity index (χ2n) is 12.3. The third kappa shape index (κ3) is 21.8. The summed E-state index contributed by atoms with van der Waals surface area (Å²) in [6, 6.07) is 0. The Morgan fingerprint density at radius 1 is 0.615 bits per heavy atom. The molecule has 1 atom stereocenters. The van der Waals surface area contributed by atoms with Crippen molar-refractivity contribution in [1.82, 2.24) is 0 Å². The second-order valence-corrected chi connectivity index (χ2v) is 12.3. The van der Waals surface area contributed by atoms with Gasteiger partial charge in [-0.05, 0) is 32.1 Å². The van der Waals surface area contributed by atoms with Gasteiger partial charge in [-0.25, -0.2) is 0 Å². The summed E-state index contributed by atoms with van der Waals surface area (Å²) in [5.74, 6) is 2.22. The lowest BCUT2D eigenvalue weighted by Gasteiger charge is -2.28. The van der Waals surface area contributed by atoms with Crippen LogP contribution in [0, 0.1) is 12.3 Å². The summed E-state index contributed by atoms with van der Waals surface area (Å²) < 4.78 is 18.5. The smallest absolute Gasteiger partial charge is 0.168 e. The quantitative estimate of drug-likeness (QED) is 0.0660. The molecule has 1 unspecified atom stereocenters. The molecule has 0 aromatic rings. The van der Waals surface area contributed by atoms with Crippen molar-refractivity contribution in [2.24, 2.45) is 0 Å². The van der Waals surface area contributed by atoms with E-state index in [1.54, 1.807) is 0 Å². The van der Waals surface area contributed by atoms with Gasteiger partial charge in [-0.15, -0.1) is 6.42 Å². The zero-order valence-corrected chi connectivity index (χ0v) is 26.6. The zero-order valence-electron chi connectivity index (χ0n) is 26.6. The highest BCUT2D eigenvalue weighted by atomic mass is 16.7. The molecule has 1 saturated heterocycles. The van der Waals surface area contributed by atoms with E-state index in [1.807, 2.05) is 0 Å². The molecule has 0 amide bonds. The van der Waals surface area contributed by atoms with Crippen LogP contribution >= 0.6 is 0 Å². The van der Waals surface area contributed by atoms with Crippen LogP contribution in [0.4, 0.5) is 0 Å². The fourth-order valence-corrected chi connectivity index (χ4v) is 5.97. The predicted octanol–water partition coefficient (Wildman–Crippen LogP) is 11.3. The van der Waals surface area contributed by atoms with Gasteiger partial charge in [0, 0.05) is 19.4 Å². The molecule has 0 aromatic heterocycles. The topological polar surface area (TPSA) is 27.7 Å². The summed E-state index contributed by atoms with van der Waals surface area (Å²) in [6.07, 6.45) is 41.3. The first-order valence-corrected chi connectivity index (χ1v) is 17.6. The molecule has 0 bridgehead atoms. The molecule has 0 N–H and O–H groups in total. The minimum atomic E-state index is -0.316. The van der Waals surface area contributed by atoms with Crippen molar-refractivity contribution in [2.45, 2.75) is 199 Å². The van der Waals surface area contributed by atoms with Crippen molar-refractivity contribution in [3.63, 3.8) is 0 Å². The van der Waals surface area contributed by atoms with Crippen LogP contribution in [0.25, 0.3) is 0 Å². The van der Waals surface area contributed by atoms with Crippen molar-refractivity contribution in [3.8, 4) is 12.3 Å². The Morgan fingerprint density at radius 2 is 1.05 bits per heavy atom. The van der Waals surface area contributed by atoms with E-state index in [0.29, 0.717) is 6.61 Å². The maximum atomic E-state index is 6.67. The highest BCUT2D eigenvalue weighted by Gasteiger charge is 2.40. The second kappa shape index (κ2) is 27.6. The number of rotatable bonds is 30.